The molecular weight excluding hydrogens is 565 g/mol. The highest BCUT2D eigenvalue weighted by Gasteiger charge is 2.35. The molecule has 220 valence electrons. The Morgan fingerprint density at radius 2 is 1.98 bits per heavy atom. The van der Waals surface area contributed by atoms with Crippen LogP contribution in [0.1, 0.15) is 78.0 Å². The topological polar surface area (TPSA) is 115 Å². The van der Waals surface area contributed by atoms with E-state index < -0.39 is 22.9 Å². The zero-order chi connectivity index (χ0) is 29.9. The Bertz CT molecular complexity index is 1450. The van der Waals surface area contributed by atoms with Gasteiger partial charge in [-0.1, -0.05) is 44.7 Å². The first-order valence-corrected chi connectivity index (χ1v) is 15.3. The van der Waals surface area contributed by atoms with Crippen molar-refractivity contribution in [3.63, 3.8) is 0 Å². The van der Waals surface area contributed by atoms with E-state index in [0.29, 0.717) is 27.5 Å². The molecule has 0 spiro atoms. The minimum Gasteiger partial charge on any atom is -0.462 e. The molecule has 4 rings (SSSR count). The average molecular weight is 602 g/mol. The molecule has 1 aromatic carbocycles. The molecule has 9 nitrogen and oxygen atoms in total. The van der Waals surface area contributed by atoms with Gasteiger partial charge in [0.2, 0.25) is 5.91 Å². The molecule has 0 bridgehead atoms. The highest BCUT2D eigenvalue weighted by atomic mass is 32.2. The Balaban J connectivity index is 1.44. The van der Waals surface area contributed by atoms with Crippen molar-refractivity contribution in [2.45, 2.75) is 70.8 Å². The molecule has 41 heavy (non-hydrogen) atoms. The summed E-state index contributed by atoms with van der Waals surface area (Å²) in [6.07, 6.45) is 2.62. The van der Waals surface area contributed by atoms with Crippen molar-refractivity contribution in [3.05, 3.63) is 57.5 Å². The van der Waals surface area contributed by atoms with E-state index in [1.165, 1.54) is 41.3 Å². The summed E-state index contributed by atoms with van der Waals surface area (Å²) in [5, 5.41) is 14.4. The van der Waals surface area contributed by atoms with Crippen molar-refractivity contribution >= 4 is 45.9 Å². The first-order chi connectivity index (χ1) is 19.4. The van der Waals surface area contributed by atoms with Crippen molar-refractivity contribution < 1.29 is 23.5 Å². The summed E-state index contributed by atoms with van der Waals surface area (Å²) < 4.78 is 20.9. The highest BCUT2D eigenvalue weighted by Crippen LogP contribution is 2.44. The summed E-state index contributed by atoms with van der Waals surface area (Å²) in [5.74, 6) is -0.908. The van der Waals surface area contributed by atoms with Gasteiger partial charge >= 0.3 is 5.97 Å². The minimum atomic E-state index is -0.606. The molecule has 0 fully saturated rings. The monoisotopic (exact) mass is 601 g/mol. The number of rotatable bonds is 9. The molecular formula is C29H36FN5O4S2. The molecule has 0 radical (unpaired) electrons. The number of hydrogen-bond acceptors (Lipinski definition) is 8. The second-order valence-corrected chi connectivity index (χ2v) is 13.5. The van der Waals surface area contributed by atoms with Crippen LogP contribution >= 0.6 is 23.1 Å². The minimum absolute atomic E-state index is 0.0387. The lowest BCUT2D eigenvalue weighted by molar-refractivity contribution is -0.115. The number of aromatic nitrogens is 3. The van der Waals surface area contributed by atoms with E-state index in [-0.39, 0.29) is 30.0 Å². The number of thiophene rings is 1. The summed E-state index contributed by atoms with van der Waals surface area (Å²) in [6, 6.07) is 5.73. The molecule has 2 amide bonds. The van der Waals surface area contributed by atoms with Gasteiger partial charge < -0.3 is 19.9 Å². The molecule has 1 aliphatic carbocycles. The number of ether oxygens (including phenoxy) is 1. The predicted molar refractivity (Wildman–Crippen MR) is 158 cm³/mol. The van der Waals surface area contributed by atoms with E-state index in [0.717, 1.165) is 29.7 Å². The Morgan fingerprint density at radius 1 is 1.24 bits per heavy atom. The van der Waals surface area contributed by atoms with Crippen molar-refractivity contribution in [1.29, 1.82) is 0 Å². The largest absolute Gasteiger partial charge is 0.462 e. The van der Waals surface area contributed by atoms with Crippen LogP contribution in [-0.2, 0) is 36.0 Å². The fraction of sp³-hybridized carbons (Fsp3) is 0.483. The van der Waals surface area contributed by atoms with Gasteiger partial charge in [-0.2, -0.15) is 0 Å². The van der Waals surface area contributed by atoms with Gasteiger partial charge in [0.15, 0.2) is 11.0 Å². The summed E-state index contributed by atoms with van der Waals surface area (Å²) >= 11 is 2.67. The van der Waals surface area contributed by atoms with Crippen molar-refractivity contribution in [3.8, 4) is 0 Å². The number of hydrogen-bond donors (Lipinski definition) is 2. The number of anilines is 1. The van der Waals surface area contributed by atoms with Crippen molar-refractivity contribution in [1.82, 2.24) is 20.1 Å². The number of amides is 2. The van der Waals surface area contributed by atoms with E-state index in [1.807, 2.05) is 0 Å². The lowest BCUT2D eigenvalue weighted by atomic mass is 9.72. The summed E-state index contributed by atoms with van der Waals surface area (Å²) in [5.41, 5.74) is 1.55. The third-order valence-corrected chi connectivity index (χ3v) is 9.61. The Morgan fingerprint density at radius 3 is 2.66 bits per heavy atom. The Kier molecular flexibility index (Phi) is 9.53. The van der Waals surface area contributed by atoms with E-state index >= 15 is 0 Å². The zero-order valence-corrected chi connectivity index (χ0v) is 25.8. The van der Waals surface area contributed by atoms with Gasteiger partial charge in [-0.15, -0.1) is 21.5 Å². The molecule has 0 saturated carbocycles. The van der Waals surface area contributed by atoms with Gasteiger partial charge in [0.1, 0.15) is 10.8 Å². The fourth-order valence-electron chi connectivity index (χ4n) is 4.76. The van der Waals surface area contributed by atoms with Crippen LogP contribution in [0.4, 0.5) is 9.39 Å². The van der Waals surface area contributed by atoms with E-state index in [4.69, 9.17) is 4.74 Å². The van der Waals surface area contributed by atoms with Gasteiger partial charge in [0.05, 0.1) is 29.5 Å². The van der Waals surface area contributed by atoms with Crippen LogP contribution in [0.15, 0.2) is 29.4 Å². The number of halogens is 1. The fourth-order valence-corrected chi connectivity index (χ4v) is 6.91. The molecule has 0 saturated heterocycles. The molecule has 2 atom stereocenters. The molecule has 2 unspecified atom stereocenters. The Labute approximate surface area is 247 Å². The third kappa shape index (κ3) is 6.98. The van der Waals surface area contributed by atoms with Crippen LogP contribution in [0.25, 0.3) is 0 Å². The predicted octanol–water partition coefficient (Wildman–Crippen LogP) is 5.39. The van der Waals surface area contributed by atoms with Crippen LogP contribution < -0.4 is 10.6 Å². The second kappa shape index (κ2) is 12.7. The maximum atomic E-state index is 13.9. The molecule has 1 aliphatic rings. The number of carbonyl (C=O) groups excluding carboxylic acids is 3. The summed E-state index contributed by atoms with van der Waals surface area (Å²) in [6.45, 7) is 10.5. The second-order valence-electron chi connectivity index (χ2n) is 11.1. The van der Waals surface area contributed by atoms with Gasteiger partial charge in [-0.25, -0.2) is 9.18 Å². The van der Waals surface area contributed by atoms with Gasteiger partial charge in [0, 0.05) is 11.9 Å². The molecule has 2 heterocycles. The number of esters is 1. The number of fused-ring (bicyclic) bond motifs is 1. The molecule has 2 aromatic heterocycles. The maximum absolute atomic E-state index is 13.9. The van der Waals surface area contributed by atoms with E-state index in [9.17, 15) is 18.8 Å². The molecule has 0 aliphatic heterocycles. The third-order valence-electron chi connectivity index (χ3n) is 7.31. The quantitative estimate of drug-likeness (QED) is 0.250. The van der Waals surface area contributed by atoms with E-state index in [2.05, 4.69) is 41.6 Å². The molecule has 12 heteroatoms. The number of nitrogens with one attached hydrogen (secondary N) is 2. The average Bonchev–Trinajstić information content (AvgIpc) is 3.45. The lowest BCUT2D eigenvalue weighted by Crippen LogP contribution is -2.27. The van der Waals surface area contributed by atoms with Gasteiger partial charge in [0.25, 0.3) is 5.91 Å². The summed E-state index contributed by atoms with van der Waals surface area (Å²) in [7, 11) is 1.73. The summed E-state index contributed by atoms with van der Waals surface area (Å²) in [4.78, 5) is 39.7. The SMILES string of the molecule is CCOC(=O)c1c(NC(=O)C(C)Sc2nnc(CNC(=O)c3ccccc3F)n2C)sc2c1CCC(C(C)(C)C)C2. The van der Waals surface area contributed by atoms with Crippen LogP contribution in [0.5, 0.6) is 0 Å². The van der Waals surface area contributed by atoms with Gasteiger partial charge in [-0.3, -0.25) is 9.59 Å². The molecule has 3 aromatic rings. The van der Waals surface area contributed by atoms with Crippen LogP contribution in [0, 0.1) is 17.2 Å². The first kappa shape index (κ1) is 30.7. The van der Waals surface area contributed by atoms with Crippen molar-refractivity contribution in [2.24, 2.45) is 18.4 Å². The highest BCUT2D eigenvalue weighted by molar-refractivity contribution is 8.00. The molecule has 2 N–H and O–H groups in total. The van der Waals surface area contributed by atoms with E-state index in [1.54, 1.807) is 31.5 Å². The zero-order valence-electron chi connectivity index (χ0n) is 24.2. The number of benzene rings is 1. The van der Waals surface area contributed by atoms with Crippen molar-refractivity contribution in [2.75, 3.05) is 11.9 Å². The number of nitrogens with zero attached hydrogens (tertiary/aromatic N) is 3. The standard InChI is InChI=1S/C29H36FN5O4S2/c1-7-39-27(38)23-19-13-12-17(29(3,4)5)14-21(19)41-26(23)32-24(36)16(2)40-28-34-33-22(35(28)6)15-31-25(37)18-10-8-9-11-20(18)30/h8-11,16-17H,7,12-15H2,1-6H3,(H,31,37)(H,32,36). The van der Waals surface area contributed by atoms with Gasteiger partial charge in [-0.05, 0) is 62.1 Å². The van der Waals surface area contributed by atoms with Crippen LogP contribution in [0.3, 0.4) is 0 Å². The normalized spacial score (nSPS) is 15.6. The Hall–Kier alpha value is -3.25. The van der Waals surface area contributed by atoms with Crippen LogP contribution in [-0.4, -0.2) is 44.4 Å². The lowest BCUT2D eigenvalue weighted by Gasteiger charge is -2.33. The number of carbonyl (C=O) groups is 3. The van der Waals surface area contributed by atoms with Crippen LogP contribution in [0.2, 0.25) is 0 Å². The first-order valence-electron chi connectivity index (χ1n) is 13.6. The maximum Gasteiger partial charge on any atom is 0.341 e. The number of thioether (sulfide) groups is 1. The smallest absolute Gasteiger partial charge is 0.341 e.